The van der Waals surface area contributed by atoms with Crippen molar-refractivity contribution in [3.05, 3.63) is 59.7 Å². The summed E-state index contributed by atoms with van der Waals surface area (Å²) in [6, 6.07) is 13.5. The van der Waals surface area contributed by atoms with Gasteiger partial charge in [0.1, 0.15) is 11.5 Å². The lowest BCUT2D eigenvalue weighted by molar-refractivity contribution is -0.153. The van der Waals surface area contributed by atoms with Crippen LogP contribution in [0.15, 0.2) is 48.5 Å². The van der Waals surface area contributed by atoms with Crippen LogP contribution in [0, 0.1) is 0 Å². The second-order valence-electron chi connectivity index (χ2n) is 8.16. The van der Waals surface area contributed by atoms with Crippen LogP contribution in [0.3, 0.4) is 0 Å². The summed E-state index contributed by atoms with van der Waals surface area (Å²) in [5.41, 5.74) is 0.892. The number of hydrogen-bond acceptors (Lipinski definition) is 4. The highest BCUT2D eigenvalue weighted by Gasteiger charge is 2.49. The van der Waals surface area contributed by atoms with E-state index < -0.39 is 25.0 Å². The lowest BCUT2D eigenvalue weighted by atomic mass is 9.77. The molecule has 4 rings (SSSR count). The Bertz CT molecular complexity index is 915. The van der Waals surface area contributed by atoms with Crippen LogP contribution in [0.5, 0.6) is 11.5 Å². The van der Waals surface area contributed by atoms with Gasteiger partial charge in [0.2, 0.25) is 0 Å². The zero-order valence-corrected chi connectivity index (χ0v) is 18.4. The molecule has 2 aliphatic heterocycles. The predicted octanol–water partition coefficient (Wildman–Crippen LogP) is 6.02. The molecule has 182 valence electrons. The number of halogens is 6. The van der Waals surface area contributed by atoms with Gasteiger partial charge in [-0.25, -0.2) is 0 Å². The van der Waals surface area contributed by atoms with Crippen molar-refractivity contribution in [3.8, 4) is 11.5 Å². The topological polar surface area (TPSA) is 39.7 Å². The Balaban J connectivity index is 0.00000306. The van der Waals surface area contributed by atoms with Gasteiger partial charge in [-0.3, -0.25) is 0 Å². The summed E-state index contributed by atoms with van der Waals surface area (Å²) in [5, 5.41) is 3.51. The molecule has 1 spiro atoms. The molecule has 2 saturated heterocycles. The van der Waals surface area contributed by atoms with Crippen LogP contribution in [0.2, 0.25) is 0 Å². The quantitative estimate of drug-likeness (QED) is 0.500. The van der Waals surface area contributed by atoms with Gasteiger partial charge >= 0.3 is 12.8 Å². The molecule has 2 aromatic rings. The van der Waals surface area contributed by atoms with Gasteiger partial charge in [-0.05, 0) is 49.6 Å². The molecular weight excluding hydrogens is 469 g/mol. The zero-order chi connectivity index (χ0) is 22.8. The summed E-state index contributed by atoms with van der Waals surface area (Å²) in [6.07, 6.45) is -2.33. The first-order valence-corrected chi connectivity index (χ1v) is 10.5. The molecule has 0 saturated carbocycles. The van der Waals surface area contributed by atoms with Gasteiger partial charge in [-0.15, -0.1) is 12.4 Å². The summed E-state index contributed by atoms with van der Waals surface area (Å²) in [5.74, 6) is -0.461. The minimum atomic E-state index is -4.52. The summed E-state index contributed by atoms with van der Waals surface area (Å²) in [7, 11) is 0. The second kappa shape index (κ2) is 10.4. The second-order valence-corrected chi connectivity index (χ2v) is 8.16. The fourth-order valence-corrected chi connectivity index (χ4v) is 4.72. The maximum absolute atomic E-state index is 12.7. The number of benzene rings is 2. The van der Waals surface area contributed by atoms with E-state index >= 15 is 0 Å². The van der Waals surface area contributed by atoms with Crippen molar-refractivity contribution in [2.45, 2.75) is 49.6 Å². The molecule has 2 heterocycles. The van der Waals surface area contributed by atoms with Crippen molar-refractivity contribution in [1.82, 2.24) is 5.32 Å². The Kier molecular flexibility index (Phi) is 8.08. The van der Waals surface area contributed by atoms with Crippen molar-refractivity contribution < 1.29 is 36.2 Å². The number of rotatable bonds is 6. The number of nitrogens with one attached hydrogen (secondary N) is 1. The van der Waals surface area contributed by atoms with Crippen molar-refractivity contribution >= 4 is 12.4 Å². The zero-order valence-electron chi connectivity index (χ0n) is 17.6. The van der Waals surface area contributed by atoms with Gasteiger partial charge in [-0.2, -0.15) is 22.0 Å². The molecule has 0 aromatic heterocycles. The molecule has 2 fully saturated rings. The molecule has 1 N–H and O–H groups in total. The van der Waals surface area contributed by atoms with Crippen LogP contribution in [0.25, 0.3) is 0 Å². The first kappa shape index (κ1) is 25.5. The van der Waals surface area contributed by atoms with Gasteiger partial charge in [0.15, 0.2) is 6.61 Å². The molecule has 10 heteroatoms. The summed E-state index contributed by atoms with van der Waals surface area (Å²) in [6.45, 7) is -3.44. The molecule has 0 radical (unpaired) electrons. The Labute approximate surface area is 194 Å². The van der Waals surface area contributed by atoms with Crippen molar-refractivity contribution in [2.24, 2.45) is 0 Å². The molecule has 3 atom stereocenters. The van der Waals surface area contributed by atoms with Gasteiger partial charge in [0, 0.05) is 11.5 Å². The van der Waals surface area contributed by atoms with E-state index in [9.17, 15) is 22.0 Å². The highest BCUT2D eigenvalue weighted by molar-refractivity contribution is 5.85. The van der Waals surface area contributed by atoms with Gasteiger partial charge in [0.05, 0.1) is 18.2 Å². The van der Waals surface area contributed by atoms with Crippen LogP contribution in [0.1, 0.15) is 42.3 Å². The van der Waals surface area contributed by atoms with Gasteiger partial charge in [0.25, 0.3) is 0 Å². The van der Waals surface area contributed by atoms with Crippen molar-refractivity contribution in [2.75, 3.05) is 19.8 Å². The molecule has 2 aliphatic rings. The van der Waals surface area contributed by atoms with E-state index in [1.54, 1.807) is 0 Å². The lowest BCUT2D eigenvalue weighted by Crippen LogP contribution is -2.48. The van der Waals surface area contributed by atoms with E-state index in [2.05, 4.69) is 10.1 Å². The Morgan fingerprint density at radius 2 is 1.88 bits per heavy atom. The first-order chi connectivity index (χ1) is 15.3. The average molecular weight is 494 g/mol. The van der Waals surface area contributed by atoms with Crippen molar-refractivity contribution in [1.29, 1.82) is 0 Å². The fraction of sp³-hybridized carbons (Fsp3) is 0.478. The molecule has 0 unspecified atom stereocenters. The molecule has 0 amide bonds. The smallest absolute Gasteiger partial charge is 0.422 e. The molecule has 0 bridgehead atoms. The summed E-state index contributed by atoms with van der Waals surface area (Å²) >= 11 is 0. The molecule has 2 aromatic carbocycles. The van der Waals surface area contributed by atoms with Gasteiger partial charge in [-0.1, -0.05) is 30.3 Å². The van der Waals surface area contributed by atoms with Crippen LogP contribution in [-0.2, 0) is 4.74 Å². The Hall–Kier alpha value is -2.10. The highest BCUT2D eigenvalue weighted by atomic mass is 35.5. The van der Waals surface area contributed by atoms with E-state index in [0.29, 0.717) is 12.0 Å². The maximum Gasteiger partial charge on any atom is 0.422 e. The van der Waals surface area contributed by atoms with E-state index in [-0.39, 0.29) is 42.5 Å². The minimum Gasteiger partial charge on any atom is -0.484 e. The summed E-state index contributed by atoms with van der Waals surface area (Å²) < 4.78 is 79.5. The maximum atomic E-state index is 12.7. The molecule has 4 nitrogen and oxygen atoms in total. The Morgan fingerprint density at radius 1 is 1.12 bits per heavy atom. The average Bonchev–Trinajstić information content (AvgIpc) is 3.16. The predicted molar refractivity (Wildman–Crippen MR) is 114 cm³/mol. The third-order valence-electron chi connectivity index (χ3n) is 5.99. The fourth-order valence-electron chi connectivity index (χ4n) is 4.72. The SMILES string of the molecule is Cl.FC(F)Oc1ccc(OCC(F)(F)F)c([C@@H]2CO[C@]3(CCCN[C@H]3c3ccccc3)C2)c1. The standard InChI is InChI=1S/C23H24F5NO3.ClH/c24-21(25)32-17-7-8-19(30-14-23(26,27)28)18(11-17)16-12-22(31-13-16)9-4-10-29-20(22)15-5-2-1-3-6-15;/h1-3,5-8,11,16,20-21,29H,4,9-10,12-14H2;1H/t16-,20-,22+;/m0./s1. The van der Waals surface area contributed by atoms with E-state index in [0.717, 1.165) is 24.9 Å². The van der Waals surface area contributed by atoms with Crippen LogP contribution >= 0.6 is 12.4 Å². The largest absolute Gasteiger partial charge is 0.484 e. The molecule has 0 aliphatic carbocycles. The first-order valence-electron chi connectivity index (χ1n) is 10.5. The highest BCUT2D eigenvalue weighted by Crippen LogP contribution is 2.50. The monoisotopic (exact) mass is 493 g/mol. The normalized spacial score (nSPS) is 25.2. The lowest BCUT2D eigenvalue weighted by Gasteiger charge is -2.41. The van der Waals surface area contributed by atoms with Gasteiger partial charge < -0.3 is 19.5 Å². The van der Waals surface area contributed by atoms with Crippen LogP contribution in [0.4, 0.5) is 22.0 Å². The number of hydrogen-bond donors (Lipinski definition) is 1. The van der Waals surface area contributed by atoms with Crippen molar-refractivity contribution in [3.63, 3.8) is 0 Å². The van der Waals surface area contributed by atoms with Crippen LogP contribution in [-0.4, -0.2) is 38.1 Å². The molecule has 33 heavy (non-hydrogen) atoms. The third kappa shape index (κ3) is 6.07. The van der Waals surface area contributed by atoms with Crippen LogP contribution < -0.4 is 14.8 Å². The van der Waals surface area contributed by atoms with E-state index in [1.165, 1.54) is 18.2 Å². The summed E-state index contributed by atoms with van der Waals surface area (Å²) in [4.78, 5) is 0. The Morgan fingerprint density at radius 3 is 2.58 bits per heavy atom. The minimum absolute atomic E-state index is 0. The third-order valence-corrected chi connectivity index (χ3v) is 5.99. The number of ether oxygens (including phenoxy) is 3. The van der Waals surface area contributed by atoms with E-state index in [1.807, 2.05) is 30.3 Å². The van der Waals surface area contributed by atoms with E-state index in [4.69, 9.17) is 9.47 Å². The number of piperidine rings is 1. The number of alkyl halides is 5. The molecular formula is C23H25ClF5NO3.